The molecule has 1 aliphatic rings. The van der Waals surface area contributed by atoms with E-state index in [-0.39, 0.29) is 5.31 Å². The van der Waals surface area contributed by atoms with Crippen LogP contribution in [-0.4, -0.2) is 32.7 Å². The summed E-state index contributed by atoms with van der Waals surface area (Å²) in [4.78, 5) is 12.2. The second-order valence-electron chi connectivity index (χ2n) is 5.51. The van der Waals surface area contributed by atoms with E-state index in [2.05, 4.69) is 13.8 Å². The second kappa shape index (κ2) is 7.78. The van der Waals surface area contributed by atoms with Gasteiger partial charge in [0.2, 0.25) is 6.41 Å². The van der Waals surface area contributed by atoms with E-state index >= 15 is 0 Å². The lowest BCUT2D eigenvalue weighted by molar-refractivity contribution is -0.117. The molecule has 0 heterocycles. The summed E-state index contributed by atoms with van der Waals surface area (Å²) in [6.07, 6.45) is 5.44. The highest BCUT2D eigenvalue weighted by molar-refractivity contribution is 6.14. The molecule has 0 aromatic rings. The van der Waals surface area contributed by atoms with E-state index in [9.17, 15) is 4.79 Å². The van der Waals surface area contributed by atoms with Crippen molar-refractivity contribution >= 4 is 14.3 Å². The summed E-state index contributed by atoms with van der Waals surface area (Å²) >= 11 is 0. The zero-order chi connectivity index (χ0) is 13.5. The molecule has 1 amide bonds. The predicted molar refractivity (Wildman–Crippen MR) is 75.3 cm³/mol. The molecular formula is C14H28BNO. The van der Waals surface area contributed by atoms with E-state index in [1.807, 2.05) is 20.9 Å². The summed E-state index contributed by atoms with van der Waals surface area (Å²) in [6.45, 7) is 9.31. The molecule has 1 saturated carbocycles. The molecule has 1 fully saturated rings. The van der Waals surface area contributed by atoms with Crippen LogP contribution in [0.25, 0.3) is 0 Å². The van der Waals surface area contributed by atoms with E-state index in [0.29, 0.717) is 5.92 Å². The maximum Gasteiger partial charge on any atom is 0.209 e. The Morgan fingerprint density at radius 1 is 1.47 bits per heavy atom. The lowest BCUT2D eigenvalue weighted by Gasteiger charge is -2.40. The minimum Gasteiger partial charge on any atom is -0.348 e. The topological polar surface area (TPSA) is 20.3 Å². The van der Waals surface area contributed by atoms with Gasteiger partial charge >= 0.3 is 0 Å². The van der Waals surface area contributed by atoms with Crippen molar-refractivity contribution in [1.29, 1.82) is 0 Å². The fourth-order valence-electron chi connectivity index (χ4n) is 2.50. The molecule has 0 spiro atoms. The van der Waals surface area contributed by atoms with Crippen LogP contribution in [0.3, 0.4) is 0 Å². The van der Waals surface area contributed by atoms with Crippen molar-refractivity contribution < 1.29 is 4.79 Å². The third-order valence-corrected chi connectivity index (χ3v) is 3.74. The lowest BCUT2D eigenvalue weighted by atomic mass is 9.56. The number of carbonyl (C=O) groups excluding carboxylic acids is 1. The first kappa shape index (κ1) is 16.5. The first-order valence-electron chi connectivity index (χ1n) is 6.89. The van der Waals surface area contributed by atoms with E-state index in [4.69, 9.17) is 7.85 Å². The molecule has 0 aromatic carbocycles. The summed E-state index contributed by atoms with van der Waals surface area (Å²) in [5.74, 6) is 1.43. The minimum atomic E-state index is 0.0108. The fraction of sp³-hybridized carbons (Fsp3) is 0.929. The monoisotopic (exact) mass is 237 g/mol. The predicted octanol–water partition coefficient (Wildman–Crippen LogP) is 3.27. The van der Waals surface area contributed by atoms with Crippen LogP contribution in [0.1, 0.15) is 53.4 Å². The van der Waals surface area contributed by atoms with Crippen LogP contribution in [0.2, 0.25) is 5.31 Å². The maximum absolute atomic E-state index is 10.5. The summed E-state index contributed by atoms with van der Waals surface area (Å²) in [5, 5.41) is 0.0108. The zero-order valence-electron chi connectivity index (χ0n) is 12.2. The van der Waals surface area contributed by atoms with E-state index < -0.39 is 0 Å². The molecule has 0 saturated heterocycles. The largest absolute Gasteiger partial charge is 0.348 e. The first-order valence-corrected chi connectivity index (χ1v) is 6.89. The SMILES string of the molecule is CC.[B]C1(C)CCC(C)C(CCN(C)C=O)C1. The molecule has 0 aliphatic heterocycles. The van der Waals surface area contributed by atoms with Gasteiger partial charge in [-0.15, -0.1) is 0 Å². The minimum absolute atomic E-state index is 0.0108. The maximum atomic E-state index is 10.5. The van der Waals surface area contributed by atoms with Gasteiger partial charge in [0.1, 0.15) is 0 Å². The van der Waals surface area contributed by atoms with Gasteiger partial charge in [0.05, 0.1) is 7.85 Å². The van der Waals surface area contributed by atoms with Crippen LogP contribution in [0, 0.1) is 11.8 Å². The highest BCUT2D eigenvalue weighted by atomic mass is 16.1. The molecule has 0 N–H and O–H groups in total. The Morgan fingerprint density at radius 2 is 2.06 bits per heavy atom. The summed E-state index contributed by atoms with van der Waals surface area (Å²) in [7, 11) is 8.02. The van der Waals surface area contributed by atoms with Crippen LogP contribution >= 0.6 is 0 Å². The standard InChI is InChI=1S/C12H22BNO.C2H6/c1-10-4-6-12(2,13)8-11(10)5-7-14(3)9-15;1-2/h9-11H,4-8H2,1-3H3;1-2H3. The summed E-state index contributed by atoms with van der Waals surface area (Å²) in [5.41, 5.74) is 0. The first-order chi connectivity index (χ1) is 7.94. The molecule has 2 radical (unpaired) electrons. The Kier molecular flexibility index (Phi) is 7.57. The smallest absolute Gasteiger partial charge is 0.209 e. The van der Waals surface area contributed by atoms with Crippen molar-refractivity contribution in [2.45, 2.75) is 58.7 Å². The van der Waals surface area contributed by atoms with Gasteiger partial charge in [-0.1, -0.05) is 52.3 Å². The molecule has 3 unspecified atom stereocenters. The normalized spacial score (nSPS) is 32.3. The van der Waals surface area contributed by atoms with Gasteiger partial charge in [-0.2, -0.15) is 0 Å². The van der Waals surface area contributed by atoms with Gasteiger partial charge in [-0.3, -0.25) is 4.79 Å². The Hall–Kier alpha value is -0.465. The summed E-state index contributed by atoms with van der Waals surface area (Å²) < 4.78 is 0. The molecule has 0 aromatic heterocycles. The molecule has 1 rings (SSSR count). The van der Waals surface area contributed by atoms with E-state index in [1.54, 1.807) is 4.90 Å². The van der Waals surface area contributed by atoms with Crippen LogP contribution in [0.5, 0.6) is 0 Å². The van der Waals surface area contributed by atoms with Crippen molar-refractivity contribution in [3.63, 3.8) is 0 Å². The fourth-order valence-corrected chi connectivity index (χ4v) is 2.50. The van der Waals surface area contributed by atoms with Gasteiger partial charge in [0.15, 0.2) is 0 Å². The number of hydrogen-bond acceptors (Lipinski definition) is 1. The number of carbonyl (C=O) groups is 1. The number of rotatable bonds is 4. The van der Waals surface area contributed by atoms with Crippen molar-refractivity contribution in [2.24, 2.45) is 11.8 Å². The quantitative estimate of drug-likeness (QED) is 0.542. The average molecular weight is 237 g/mol. The number of hydrogen-bond donors (Lipinski definition) is 0. The van der Waals surface area contributed by atoms with Crippen LogP contribution in [0.4, 0.5) is 0 Å². The Morgan fingerprint density at radius 3 is 2.59 bits per heavy atom. The van der Waals surface area contributed by atoms with Crippen LogP contribution in [0.15, 0.2) is 0 Å². The molecule has 3 heteroatoms. The molecule has 1 aliphatic carbocycles. The van der Waals surface area contributed by atoms with Crippen molar-refractivity contribution in [3.05, 3.63) is 0 Å². The van der Waals surface area contributed by atoms with E-state index in [0.717, 1.165) is 38.1 Å². The Labute approximate surface area is 109 Å². The molecule has 3 atom stereocenters. The molecule has 2 nitrogen and oxygen atoms in total. The molecule has 0 bridgehead atoms. The van der Waals surface area contributed by atoms with Gasteiger partial charge in [0.25, 0.3) is 0 Å². The Balaban J connectivity index is 0.00000121. The molecule has 98 valence electrons. The third kappa shape index (κ3) is 6.14. The van der Waals surface area contributed by atoms with Gasteiger partial charge in [-0.05, 0) is 18.3 Å². The van der Waals surface area contributed by atoms with Gasteiger partial charge in [0, 0.05) is 13.6 Å². The number of nitrogens with zero attached hydrogens (tertiary/aromatic N) is 1. The van der Waals surface area contributed by atoms with Crippen molar-refractivity contribution in [2.75, 3.05) is 13.6 Å². The number of amides is 1. The van der Waals surface area contributed by atoms with Crippen molar-refractivity contribution in [3.8, 4) is 0 Å². The zero-order valence-corrected chi connectivity index (χ0v) is 12.2. The summed E-state index contributed by atoms with van der Waals surface area (Å²) in [6, 6.07) is 0. The van der Waals surface area contributed by atoms with E-state index in [1.165, 1.54) is 6.42 Å². The van der Waals surface area contributed by atoms with Crippen molar-refractivity contribution in [1.82, 2.24) is 4.90 Å². The van der Waals surface area contributed by atoms with Crippen LogP contribution < -0.4 is 0 Å². The average Bonchev–Trinajstić information content (AvgIpc) is 2.32. The third-order valence-electron chi connectivity index (χ3n) is 3.74. The highest BCUT2D eigenvalue weighted by Crippen LogP contribution is 2.45. The van der Waals surface area contributed by atoms with Gasteiger partial charge in [-0.25, -0.2) is 0 Å². The molecular weight excluding hydrogens is 209 g/mol. The highest BCUT2D eigenvalue weighted by Gasteiger charge is 2.31. The second-order valence-corrected chi connectivity index (χ2v) is 5.51. The Bertz CT molecular complexity index is 218. The lowest BCUT2D eigenvalue weighted by Crippen LogP contribution is -2.29. The van der Waals surface area contributed by atoms with Crippen LogP contribution in [-0.2, 0) is 4.79 Å². The van der Waals surface area contributed by atoms with Gasteiger partial charge < -0.3 is 4.90 Å². The molecule has 17 heavy (non-hydrogen) atoms.